The topological polar surface area (TPSA) is 58.0 Å². The first-order chi connectivity index (χ1) is 5.75. The number of aromatic nitrogens is 2. The molecule has 0 aliphatic carbocycles. The molecule has 1 aromatic heterocycles. The molecule has 1 aromatic rings. The minimum Gasteiger partial charge on any atom is -0.395 e. The quantitative estimate of drug-likeness (QED) is 0.689. The summed E-state index contributed by atoms with van der Waals surface area (Å²) in [5.41, 5.74) is 0.799. The van der Waals surface area contributed by atoms with Crippen LogP contribution in [0, 0.1) is 6.92 Å². The van der Waals surface area contributed by atoms with Gasteiger partial charge in [0.15, 0.2) is 0 Å². The van der Waals surface area contributed by atoms with Crippen LogP contribution in [-0.4, -0.2) is 28.2 Å². The average Bonchev–Trinajstić information content (AvgIpc) is 2.08. The molecule has 12 heavy (non-hydrogen) atoms. The highest BCUT2D eigenvalue weighted by Gasteiger charge is 2.02. The van der Waals surface area contributed by atoms with E-state index in [0.29, 0.717) is 17.5 Å². The van der Waals surface area contributed by atoms with E-state index in [9.17, 15) is 0 Å². The maximum Gasteiger partial charge on any atom is 0.137 e. The zero-order valence-corrected chi connectivity index (χ0v) is 7.47. The summed E-state index contributed by atoms with van der Waals surface area (Å²) in [6.07, 6.45) is 1.38. The number of nitrogens with zero attached hydrogens (tertiary/aromatic N) is 2. The van der Waals surface area contributed by atoms with E-state index in [4.69, 9.17) is 16.7 Å². The lowest BCUT2D eigenvalue weighted by Gasteiger charge is -2.06. The van der Waals surface area contributed by atoms with E-state index in [1.165, 1.54) is 6.33 Å². The van der Waals surface area contributed by atoms with Gasteiger partial charge >= 0.3 is 0 Å². The monoisotopic (exact) mass is 187 g/mol. The smallest absolute Gasteiger partial charge is 0.137 e. The van der Waals surface area contributed by atoms with Gasteiger partial charge < -0.3 is 10.4 Å². The fourth-order valence-corrected chi connectivity index (χ4v) is 0.914. The second-order valence-corrected chi connectivity index (χ2v) is 2.65. The van der Waals surface area contributed by atoms with Crippen molar-refractivity contribution in [2.24, 2.45) is 0 Å². The van der Waals surface area contributed by atoms with Gasteiger partial charge in [0.1, 0.15) is 17.3 Å². The van der Waals surface area contributed by atoms with E-state index in [-0.39, 0.29) is 6.61 Å². The molecular weight excluding hydrogens is 178 g/mol. The van der Waals surface area contributed by atoms with Gasteiger partial charge in [-0.05, 0) is 6.92 Å². The van der Waals surface area contributed by atoms with Gasteiger partial charge in [0.2, 0.25) is 0 Å². The predicted molar refractivity (Wildman–Crippen MR) is 47.4 cm³/mol. The molecule has 0 saturated heterocycles. The zero-order chi connectivity index (χ0) is 8.97. The minimum atomic E-state index is 0.0705. The molecule has 2 N–H and O–H groups in total. The van der Waals surface area contributed by atoms with Crippen molar-refractivity contribution in [1.82, 2.24) is 9.97 Å². The summed E-state index contributed by atoms with van der Waals surface area (Å²) in [6, 6.07) is 0. The molecule has 0 aromatic carbocycles. The zero-order valence-electron chi connectivity index (χ0n) is 6.71. The SMILES string of the molecule is Cc1c(Cl)ncnc1NCCO. The number of aliphatic hydroxyl groups excluding tert-OH is 1. The van der Waals surface area contributed by atoms with Crippen molar-refractivity contribution in [3.8, 4) is 0 Å². The Morgan fingerprint density at radius 2 is 2.33 bits per heavy atom. The Bertz CT molecular complexity index is 267. The molecule has 4 nitrogen and oxygen atoms in total. The van der Waals surface area contributed by atoms with Crippen LogP contribution in [0.2, 0.25) is 5.15 Å². The van der Waals surface area contributed by atoms with Gasteiger partial charge in [-0.1, -0.05) is 11.6 Å². The molecule has 0 radical (unpaired) electrons. The highest BCUT2D eigenvalue weighted by Crippen LogP contribution is 2.16. The molecule has 0 fully saturated rings. The summed E-state index contributed by atoms with van der Waals surface area (Å²) >= 11 is 5.74. The van der Waals surface area contributed by atoms with E-state index in [1.54, 1.807) is 0 Å². The molecule has 0 unspecified atom stereocenters. The van der Waals surface area contributed by atoms with Crippen molar-refractivity contribution >= 4 is 17.4 Å². The number of aliphatic hydroxyl groups is 1. The second kappa shape index (κ2) is 4.23. The number of hydrogen-bond donors (Lipinski definition) is 2. The molecule has 0 bridgehead atoms. The summed E-state index contributed by atoms with van der Waals surface area (Å²) in [4.78, 5) is 7.76. The van der Waals surface area contributed by atoms with Crippen LogP contribution in [0.1, 0.15) is 5.56 Å². The minimum absolute atomic E-state index is 0.0705. The molecule has 0 spiro atoms. The van der Waals surface area contributed by atoms with Crippen molar-refractivity contribution in [1.29, 1.82) is 0 Å². The Hall–Kier alpha value is -0.870. The van der Waals surface area contributed by atoms with Crippen molar-refractivity contribution in [2.45, 2.75) is 6.92 Å². The molecule has 0 atom stereocenters. The summed E-state index contributed by atoms with van der Waals surface area (Å²) in [5, 5.41) is 11.9. The van der Waals surface area contributed by atoms with Gasteiger partial charge in [0.05, 0.1) is 6.61 Å². The van der Waals surface area contributed by atoms with Gasteiger partial charge in [-0.15, -0.1) is 0 Å². The third-order valence-corrected chi connectivity index (χ3v) is 1.81. The highest BCUT2D eigenvalue weighted by atomic mass is 35.5. The Labute approximate surface area is 75.6 Å². The van der Waals surface area contributed by atoms with Crippen molar-refractivity contribution < 1.29 is 5.11 Å². The Morgan fingerprint density at radius 1 is 1.58 bits per heavy atom. The molecule has 1 heterocycles. The van der Waals surface area contributed by atoms with Crippen molar-refractivity contribution in [2.75, 3.05) is 18.5 Å². The van der Waals surface area contributed by atoms with E-state index in [2.05, 4.69) is 15.3 Å². The van der Waals surface area contributed by atoms with E-state index in [0.717, 1.165) is 5.56 Å². The lowest BCUT2D eigenvalue weighted by molar-refractivity contribution is 0.311. The Kier molecular flexibility index (Phi) is 3.25. The third-order valence-electron chi connectivity index (χ3n) is 1.43. The maximum absolute atomic E-state index is 8.55. The van der Waals surface area contributed by atoms with Gasteiger partial charge in [-0.3, -0.25) is 0 Å². The summed E-state index contributed by atoms with van der Waals surface area (Å²) in [7, 11) is 0. The number of nitrogens with one attached hydrogen (secondary N) is 1. The highest BCUT2D eigenvalue weighted by molar-refractivity contribution is 6.30. The largest absolute Gasteiger partial charge is 0.395 e. The molecule has 66 valence electrons. The van der Waals surface area contributed by atoms with Crippen LogP contribution in [0.5, 0.6) is 0 Å². The average molecular weight is 188 g/mol. The lowest BCUT2D eigenvalue weighted by Crippen LogP contribution is -2.08. The molecule has 0 aliphatic rings. The maximum atomic E-state index is 8.55. The first-order valence-electron chi connectivity index (χ1n) is 3.57. The molecule has 5 heteroatoms. The van der Waals surface area contributed by atoms with Gasteiger partial charge in [-0.2, -0.15) is 0 Å². The van der Waals surface area contributed by atoms with Crippen molar-refractivity contribution in [3.63, 3.8) is 0 Å². The van der Waals surface area contributed by atoms with E-state index >= 15 is 0 Å². The first kappa shape index (κ1) is 9.22. The Morgan fingerprint density at radius 3 is 3.00 bits per heavy atom. The number of hydrogen-bond acceptors (Lipinski definition) is 4. The lowest BCUT2D eigenvalue weighted by atomic mass is 10.3. The van der Waals surface area contributed by atoms with Crippen LogP contribution < -0.4 is 5.32 Å². The standard InChI is InChI=1S/C7H10ClN3O/c1-5-6(8)10-4-11-7(5)9-2-3-12/h4,12H,2-3H2,1H3,(H,9,10,11). The summed E-state index contributed by atoms with van der Waals surface area (Å²) < 4.78 is 0. The van der Waals surface area contributed by atoms with Crippen LogP contribution in [0.3, 0.4) is 0 Å². The van der Waals surface area contributed by atoms with Crippen LogP contribution in [0.4, 0.5) is 5.82 Å². The number of anilines is 1. The first-order valence-corrected chi connectivity index (χ1v) is 3.95. The van der Waals surface area contributed by atoms with Crippen LogP contribution in [-0.2, 0) is 0 Å². The van der Waals surface area contributed by atoms with Gasteiger partial charge in [-0.25, -0.2) is 9.97 Å². The van der Waals surface area contributed by atoms with Crippen molar-refractivity contribution in [3.05, 3.63) is 17.0 Å². The fraction of sp³-hybridized carbons (Fsp3) is 0.429. The number of rotatable bonds is 3. The van der Waals surface area contributed by atoms with E-state index in [1.807, 2.05) is 6.92 Å². The fourth-order valence-electron chi connectivity index (χ4n) is 0.781. The molecular formula is C7H10ClN3O. The van der Waals surface area contributed by atoms with Crippen LogP contribution in [0.25, 0.3) is 0 Å². The normalized spacial score (nSPS) is 9.92. The van der Waals surface area contributed by atoms with Crippen LogP contribution in [0.15, 0.2) is 6.33 Å². The third kappa shape index (κ3) is 2.06. The molecule has 0 saturated carbocycles. The van der Waals surface area contributed by atoms with Gasteiger partial charge in [0.25, 0.3) is 0 Å². The molecule has 0 amide bonds. The van der Waals surface area contributed by atoms with Gasteiger partial charge in [0, 0.05) is 12.1 Å². The predicted octanol–water partition coefficient (Wildman–Crippen LogP) is 0.843. The van der Waals surface area contributed by atoms with Crippen LogP contribution >= 0.6 is 11.6 Å². The number of halogens is 1. The molecule has 1 rings (SSSR count). The summed E-state index contributed by atoms with van der Waals surface area (Å²) in [5.74, 6) is 0.670. The Balaban J connectivity index is 2.78. The second-order valence-electron chi connectivity index (χ2n) is 2.29. The summed E-state index contributed by atoms with van der Waals surface area (Å²) in [6.45, 7) is 2.36. The van der Waals surface area contributed by atoms with E-state index < -0.39 is 0 Å². The molecule has 0 aliphatic heterocycles.